The van der Waals surface area contributed by atoms with E-state index in [0.717, 1.165) is 12.8 Å². The zero-order valence-corrected chi connectivity index (χ0v) is 20.8. The molecule has 0 saturated heterocycles. The van der Waals surface area contributed by atoms with Crippen LogP contribution in [0.2, 0.25) is 10.0 Å². The molecule has 4 aromatic rings. The summed E-state index contributed by atoms with van der Waals surface area (Å²) in [5.74, 6) is -0.935. The first-order valence-corrected chi connectivity index (χ1v) is 12.3. The lowest BCUT2D eigenvalue weighted by Gasteiger charge is -2.25. The van der Waals surface area contributed by atoms with Crippen LogP contribution in [0.4, 0.5) is 5.69 Å². The molecule has 0 spiro atoms. The number of amides is 1. The zero-order chi connectivity index (χ0) is 25.4. The standard InChI is InChI=1S/C28H21Cl2NO5/c1-2-3-14-35-28(34)16-8-11-18(12-9-16)31-24(17-10-13-20(29)21(30)15-17)23-25(32)19-6-4-5-7-22(19)36-26(23)27(31)33/h4-13,15,24H,2-3,14H2,1H3. The van der Waals surface area contributed by atoms with Crippen LogP contribution in [0.15, 0.2) is 75.9 Å². The van der Waals surface area contributed by atoms with Crippen molar-refractivity contribution in [2.75, 3.05) is 11.5 Å². The number of carbonyl (C=O) groups excluding carboxylic acids is 2. The number of halogens is 2. The van der Waals surface area contributed by atoms with E-state index in [0.29, 0.717) is 44.4 Å². The minimum atomic E-state index is -0.800. The Kier molecular flexibility index (Phi) is 6.56. The smallest absolute Gasteiger partial charge is 0.338 e. The number of nitrogens with zero attached hydrogens (tertiary/aromatic N) is 1. The summed E-state index contributed by atoms with van der Waals surface area (Å²) in [4.78, 5) is 41.1. The third-order valence-corrected chi connectivity index (χ3v) is 6.89. The highest BCUT2D eigenvalue weighted by molar-refractivity contribution is 6.42. The summed E-state index contributed by atoms with van der Waals surface area (Å²) in [6.45, 7) is 2.36. The average molecular weight is 522 g/mol. The molecule has 2 heterocycles. The van der Waals surface area contributed by atoms with Crippen molar-refractivity contribution < 1.29 is 18.7 Å². The lowest BCUT2D eigenvalue weighted by atomic mass is 9.98. The van der Waals surface area contributed by atoms with E-state index in [1.165, 1.54) is 4.90 Å². The molecule has 1 atom stereocenters. The summed E-state index contributed by atoms with van der Waals surface area (Å²) in [7, 11) is 0. The molecule has 0 aliphatic carbocycles. The fraction of sp³-hybridized carbons (Fsp3) is 0.179. The lowest BCUT2D eigenvalue weighted by Crippen LogP contribution is -2.29. The van der Waals surface area contributed by atoms with Gasteiger partial charge in [-0.2, -0.15) is 0 Å². The molecule has 3 aromatic carbocycles. The van der Waals surface area contributed by atoms with Crippen molar-refractivity contribution >= 4 is 51.7 Å². The minimum absolute atomic E-state index is 0.0298. The van der Waals surface area contributed by atoms with Crippen molar-refractivity contribution in [2.24, 2.45) is 0 Å². The van der Waals surface area contributed by atoms with E-state index in [1.54, 1.807) is 66.7 Å². The Hall–Kier alpha value is -3.61. The van der Waals surface area contributed by atoms with Crippen molar-refractivity contribution in [3.05, 3.63) is 109 Å². The van der Waals surface area contributed by atoms with Crippen LogP contribution in [-0.2, 0) is 4.74 Å². The fourth-order valence-corrected chi connectivity index (χ4v) is 4.64. The van der Waals surface area contributed by atoms with Crippen LogP contribution in [0.25, 0.3) is 11.0 Å². The van der Waals surface area contributed by atoms with E-state index in [-0.39, 0.29) is 16.8 Å². The van der Waals surface area contributed by atoms with Gasteiger partial charge in [0.15, 0.2) is 5.43 Å². The van der Waals surface area contributed by atoms with Gasteiger partial charge in [0.1, 0.15) is 5.58 Å². The number of anilines is 1. The van der Waals surface area contributed by atoms with Gasteiger partial charge in [0.2, 0.25) is 5.76 Å². The number of esters is 1. The number of hydrogen-bond donors (Lipinski definition) is 0. The quantitative estimate of drug-likeness (QED) is 0.206. The second-order valence-corrected chi connectivity index (χ2v) is 9.27. The molecule has 0 bridgehead atoms. The summed E-state index contributed by atoms with van der Waals surface area (Å²) >= 11 is 12.4. The summed E-state index contributed by atoms with van der Waals surface area (Å²) < 4.78 is 11.2. The Morgan fingerprint density at radius 1 is 1.00 bits per heavy atom. The van der Waals surface area contributed by atoms with Gasteiger partial charge in [-0.15, -0.1) is 0 Å². The Morgan fingerprint density at radius 3 is 2.47 bits per heavy atom. The molecular weight excluding hydrogens is 501 g/mol. The maximum atomic E-state index is 13.7. The van der Waals surface area contributed by atoms with E-state index in [4.69, 9.17) is 32.4 Å². The first-order chi connectivity index (χ1) is 17.4. The Labute approximate surface area is 217 Å². The van der Waals surface area contributed by atoms with Gasteiger partial charge >= 0.3 is 5.97 Å². The maximum absolute atomic E-state index is 13.7. The highest BCUT2D eigenvalue weighted by Gasteiger charge is 2.43. The predicted molar refractivity (Wildman–Crippen MR) is 139 cm³/mol. The second kappa shape index (κ2) is 9.80. The third-order valence-electron chi connectivity index (χ3n) is 6.15. The van der Waals surface area contributed by atoms with Crippen LogP contribution in [-0.4, -0.2) is 18.5 Å². The molecular formula is C28H21Cl2NO5. The highest BCUT2D eigenvalue weighted by atomic mass is 35.5. The second-order valence-electron chi connectivity index (χ2n) is 8.46. The first kappa shape index (κ1) is 24.1. The predicted octanol–water partition coefficient (Wildman–Crippen LogP) is 6.81. The molecule has 8 heteroatoms. The van der Waals surface area contributed by atoms with Crippen molar-refractivity contribution in [3.8, 4) is 0 Å². The van der Waals surface area contributed by atoms with Crippen LogP contribution in [0.3, 0.4) is 0 Å². The number of benzene rings is 3. The van der Waals surface area contributed by atoms with Gasteiger partial charge in [0.25, 0.3) is 5.91 Å². The molecule has 5 rings (SSSR count). The lowest BCUT2D eigenvalue weighted by molar-refractivity contribution is 0.0499. The molecule has 1 amide bonds. The number of rotatable bonds is 6. The Morgan fingerprint density at radius 2 is 1.75 bits per heavy atom. The Balaban J connectivity index is 1.62. The molecule has 0 saturated carbocycles. The summed E-state index contributed by atoms with van der Waals surface area (Å²) in [6, 6.07) is 17.5. The molecule has 1 unspecified atom stereocenters. The van der Waals surface area contributed by atoms with Crippen molar-refractivity contribution in [3.63, 3.8) is 0 Å². The molecule has 0 radical (unpaired) electrons. The Bertz CT molecular complexity index is 1540. The SMILES string of the molecule is CCCCOC(=O)c1ccc(N2C(=O)c3oc4ccccc4c(=O)c3C2c2ccc(Cl)c(Cl)c2)cc1. The van der Waals surface area contributed by atoms with E-state index < -0.39 is 17.9 Å². The molecule has 1 aliphatic heterocycles. The molecule has 36 heavy (non-hydrogen) atoms. The van der Waals surface area contributed by atoms with Crippen molar-refractivity contribution in [1.82, 2.24) is 0 Å². The molecule has 1 aliphatic rings. The average Bonchev–Trinajstić information content (AvgIpc) is 3.18. The first-order valence-electron chi connectivity index (χ1n) is 11.5. The van der Waals surface area contributed by atoms with E-state index >= 15 is 0 Å². The molecule has 0 N–H and O–H groups in total. The van der Waals surface area contributed by atoms with Crippen molar-refractivity contribution in [1.29, 1.82) is 0 Å². The minimum Gasteiger partial charge on any atom is -0.462 e. The normalized spacial score (nSPS) is 14.8. The van der Waals surface area contributed by atoms with Gasteiger partial charge in [0, 0.05) is 5.69 Å². The number of hydrogen-bond acceptors (Lipinski definition) is 5. The maximum Gasteiger partial charge on any atom is 0.338 e. The highest BCUT2D eigenvalue weighted by Crippen LogP contribution is 2.42. The number of fused-ring (bicyclic) bond motifs is 2. The number of ether oxygens (including phenoxy) is 1. The van der Waals surface area contributed by atoms with Gasteiger partial charge in [-0.05, 0) is 60.5 Å². The van der Waals surface area contributed by atoms with E-state index in [2.05, 4.69) is 0 Å². The van der Waals surface area contributed by atoms with Crippen LogP contribution >= 0.6 is 23.2 Å². The summed E-state index contributed by atoms with van der Waals surface area (Å²) in [5.41, 5.74) is 1.70. The molecule has 182 valence electrons. The van der Waals surface area contributed by atoms with Crippen LogP contribution in [0.1, 0.15) is 57.8 Å². The van der Waals surface area contributed by atoms with Gasteiger partial charge in [-0.25, -0.2) is 4.79 Å². The monoisotopic (exact) mass is 521 g/mol. The summed E-state index contributed by atoms with van der Waals surface area (Å²) in [5, 5.41) is 1.03. The number of para-hydroxylation sites is 1. The fourth-order valence-electron chi connectivity index (χ4n) is 4.33. The van der Waals surface area contributed by atoms with Gasteiger partial charge in [-0.3, -0.25) is 14.5 Å². The third kappa shape index (κ3) is 4.16. The van der Waals surface area contributed by atoms with Crippen LogP contribution in [0.5, 0.6) is 0 Å². The van der Waals surface area contributed by atoms with E-state index in [1.807, 2.05) is 6.92 Å². The van der Waals surface area contributed by atoms with Crippen LogP contribution in [0, 0.1) is 0 Å². The molecule has 0 fully saturated rings. The van der Waals surface area contributed by atoms with Crippen LogP contribution < -0.4 is 10.3 Å². The molecule has 6 nitrogen and oxygen atoms in total. The topological polar surface area (TPSA) is 76.8 Å². The van der Waals surface area contributed by atoms with Gasteiger partial charge < -0.3 is 9.15 Å². The number of carbonyl (C=O) groups is 2. The number of unbranched alkanes of at least 4 members (excludes halogenated alkanes) is 1. The molecule has 1 aromatic heterocycles. The van der Waals surface area contributed by atoms with Crippen molar-refractivity contribution in [2.45, 2.75) is 25.8 Å². The van der Waals surface area contributed by atoms with Gasteiger partial charge in [0.05, 0.1) is 39.2 Å². The van der Waals surface area contributed by atoms with E-state index in [9.17, 15) is 14.4 Å². The zero-order valence-electron chi connectivity index (χ0n) is 19.3. The summed E-state index contributed by atoms with van der Waals surface area (Å²) in [6.07, 6.45) is 1.70. The van der Waals surface area contributed by atoms with Gasteiger partial charge in [-0.1, -0.05) is 54.7 Å². The largest absolute Gasteiger partial charge is 0.462 e.